The maximum Gasteiger partial charge on any atom is 0.235 e. The number of benzene rings is 1. The van der Waals surface area contributed by atoms with Gasteiger partial charge in [-0.05, 0) is 52.6 Å². The molecule has 0 aliphatic carbocycles. The van der Waals surface area contributed by atoms with E-state index in [0.717, 1.165) is 52.6 Å². The molecule has 1 aromatic carbocycles. The Bertz CT molecular complexity index is 649. The van der Waals surface area contributed by atoms with Crippen LogP contribution >= 0.6 is 34.8 Å². The first-order chi connectivity index (χ1) is 14.4. The average molecular weight is 479 g/mol. The van der Waals surface area contributed by atoms with Crippen LogP contribution in [0.4, 0.5) is 0 Å². The number of hydrogen-bond donors (Lipinski definition) is 3. The lowest BCUT2D eigenvalue weighted by atomic mass is 9.83. The molecule has 0 aliphatic heterocycles. The van der Waals surface area contributed by atoms with E-state index in [1.807, 2.05) is 20.8 Å². The van der Waals surface area contributed by atoms with Crippen LogP contribution in [0.5, 0.6) is 0 Å². The molecule has 6 nitrogen and oxygen atoms in total. The van der Waals surface area contributed by atoms with E-state index in [-0.39, 0.29) is 35.4 Å². The first-order valence-corrected chi connectivity index (χ1v) is 11.6. The molecule has 0 atom stereocenters. The summed E-state index contributed by atoms with van der Waals surface area (Å²) >= 11 is 16.9. The molecule has 1 aromatic rings. The van der Waals surface area contributed by atoms with Crippen molar-refractivity contribution in [2.24, 2.45) is 0 Å². The molecule has 1 rings (SSSR count). The van der Waals surface area contributed by atoms with Crippen LogP contribution in [-0.2, 0) is 53.3 Å². The van der Waals surface area contributed by atoms with Crippen molar-refractivity contribution < 1.29 is 14.4 Å². The first kappa shape index (κ1) is 26.5. The maximum absolute atomic E-state index is 11.8. The van der Waals surface area contributed by atoms with Gasteiger partial charge in [0.25, 0.3) is 0 Å². The minimum absolute atomic E-state index is 0.118. The van der Waals surface area contributed by atoms with E-state index >= 15 is 0 Å². The number of rotatable bonds is 12. The largest absolute Gasteiger partial charge is 0.351 e. The van der Waals surface area contributed by atoms with E-state index in [9.17, 15) is 14.4 Å². The number of carbonyl (C=O) groups excluding carboxylic acids is 3. The molecular weight excluding hydrogens is 449 g/mol. The number of carbonyl (C=O) groups is 3. The molecule has 0 saturated carbocycles. The Morgan fingerprint density at radius 3 is 0.933 bits per heavy atom. The highest BCUT2D eigenvalue weighted by atomic mass is 35.5. The molecule has 0 spiro atoms. The molecule has 3 amide bonds. The average Bonchev–Trinajstić information content (AvgIpc) is 2.77. The molecule has 0 saturated heterocycles. The second-order valence-corrected chi connectivity index (χ2v) is 7.46. The lowest BCUT2D eigenvalue weighted by Crippen LogP contribution is -2.30. The first-order valence-electron chi connectivity index (χ1n) is 10.0. The van der Waals surface area contributed by atoms with Crippen molar-refractivity contribution in [3.8, 4) is 0 Å². The van der Waals surface area contributed by atoms with Crippen molar-refractivity contribution in [2.45, 2.75) is 59.7 Å². The smallest absolute Gasteiger partial charge is 0.235 e. The zero-order valence-corrected chi connectivity index (χ0v) is 20.0. The highest BCUT2D eigenvalue weighted by molar-refractivity contribution is 6.27. The van der Waals surface area contributed by atoms with Crippen LogP contribution in [0.15, 0.2) is 0 Å². The van der Waals surface area contributed by atoms with E-state index in [0.29, 0.717) is 19.6 Å². The molecule has 0 heterocycles. The summed E-state index contributed by atoms with van der Waals surface area (Å²) < 4.78 is 0. The van der Waals surface area contributed by atoms with Crippen LogP contribution in [0.2, 0.25) is 0 Å². The molecule has 0 bridgehead atoms. The summed E-state index contributed by atoms with van der Waals surface area (Å²) in [6.45, 7) is 7.12. The molecule has 0 aromatic heterocycles. The summed E-state index contributed by atoms with van der Waals surface area (Å²) in [5, 5.41) is 8.56. The summed E-state index contributed by atoms with van der Waals surface area (Å²) in [5.74, 6) is -1.12. The minimum Gasteiger partial charge on any atom is -0.351 e. The van der Waals surface area contributed by atoms with Gasteiger partial charge in [-0.3, -0.25) is 14.4 Å². The Kier molecular flexibility index (Phi) is 12.1. The monoisotopic (exact) mass is 477 g/mol. The van der Waals surface area contributed by atoms with Crippen LogP contribution in [0, 0.1) is 0 Å². The third-order valence-electron chi connectivity index (χ3n) is 5.00. The van der Waals surface area contributed by atoms with Crippen LogP contribution in [0.3, 0.4) is 0 Å². The van der Waals surface area contributed by atoms with Crippen LogP contribution < -0.4 is 16.0 Å². The Balaban J connectivity index is 3.62. The Labute approximate surface area is 193 Å². The Morgan fingerprint density at radius 2 is 0.767 bits per heavy atom. The number of nitrogens with one attached hydrogen (secondary N) is 3. The predicted octanol–water partition coefficient (Wildman–Crippen LogP) is 2.94. The van der Waals surface area contributed by atoms with Gasteiger partial charge >= 0.3 is 0 Å². The summed E-state index contributed by atoms with van der Waals surface area (Å²) in [6, 6.07) is 0. The number of amides is 3. The van der Waals surface area contributed by atoms with Gasteiger partial charge in [-0.25, -0.2) is 0 Å². The number of alkyl halides is 3. The van der Waals surface area contributed by atoms with Crippen molar-refractivity contribution in [1.82, 2.24) is 16.0 Å². The van der Waals surface area contributed by atoms with Gasteiger partial charge in [-0.2, -0.15) is 0 Å². The fourth-order valence-corrected chi connectivity index (χ4v) is 4.00. The molecule has 9 heteroatoms. The summed E-state index contributed by atoms with van der Waals surface area (Å²) in [6.07, 6.45) is 2.19. The van der Waals surface area contributed by atoms with Gasteiger partial charge < -0.3 is 16.0 Å². The fourth-order valence-electron chi connectivity index (χ4n) is 3.72. The van der Waals surface area contributed by atoms with Crippen LogP contribution in [0.1, 0.15) is 54.2 Å². The van der Waals surface area contributed by atoms with Crippen molar-refractivity contribution in [2.75, 3.05) is 17.6 Å². The van der Waals surface area contributed by atoms with Crippen LogP contribution in [0.25, 0.3) is 0 Å². The van der Waals surface area contributed by atoms with Gasteiger partial charge in [0.2, 0.25) is 17.7 Å². The second-order valence-electron chi connectivity index (χ2n) is 6.66. The zero-order chi connectivity index (χ0) is 22.7. The van der Waals surface area contributed by atoms with E-state index in [2.05, 4.69) is 16.0 Å². The van der Waals surface area contributed by atoms with Crippen molar-refractivity contribution in [3.05, 3.63) is 33.4 Å². The maximum atomic E-state index is 11.8. The summed E-state index contributed by atoms with van der Waals surface area (Å²) in [5.41, 5.74) is 6.25. The Hall–Kier alpha value is -1.50. The van der Waals surface area contributed by atoms with Crippen molar-refractivity contribution in [1.29, 1.82) is 0 Å². The summed E-state index contributed by atoms with van der Waals surface area (Å²) in [7, 11) is 0. The van der Waals surface area contributed by atoms with Crippen molar-refractivity contribution in [3.63, 3.8) is 0 Å². The molecule has 168 valence electrons. The lowest BCUT2D eigenvalue weighted by molar-refractivity contribution is -0.119. The molecular formula is C21H30Cl3N3O3. The van der Waals surface area contributed by atoms with Gasteiger partial charge in [-0.15, -0.1) is 34.8 Å². The van der Waals surface area contributed by atoms with Gasteiger partial charge in [0.1, 0.15) is 17.6 Å². The standard InChI is InChI=1S/C21H30Cl3N3O3/c1-4-13-16(10-25-19(28)7-22)14(5-2)18(12-27-21(30)9-24)15(6-3)17(13)11-26-20(29)8-23/h4-12H2,1-3H3,(H,25,28)(H,26,29)(H,27,30). The molecule has 3 N–H and O–H groups in total. The van der Waals surface area contributed by atoms with Gasteiger partial charge in [0.15, 0.2) is 0 Å². The minimum atomic E-state index is -0.255. The highest BCUT2D eigenvalue weighted by Crippen LogP contribution is 2.31. The number of halogens is 3. The topological polar surface area (TPSA) is 87.3 Å². The second kappa shape index (κ2) is 13.7. The molecule has 30 heavy (non-hydrogen) atoms. The van der Waals surface area contributed by atoms with Crippen LogP contribution in [-0.4, -0.2) is 35.4 Å². The third kappa shape index (κ3) is 7.03. The lowest BCUT2D eigenvalue weighted by Gasteiger charge is -2.26. The van der Waals surface area contributed by atoms with Gasteiger partial charge in [0.05, 0.1) is 0 Å². The van der Waals surface area contributed by atoms with Gasteiger partial charge in [0, 0.05) is 19.6 Å². The van der Waals surface area contributed by atoms with E-state index in [1.165, 1.54) is 0 Å². The predicted molar refractivity (Wildman–Crippen MR) is 122 cm³/mol. The van der Waals surface area contributed by atoms with E-state index < -0.39 is 0 Å². The fraction of sp³-hybridized carbons (Fsp3) is 0.571. The normalized spacial score (nSPS) is 10.6. The van der Waals surface area contributed by atoms with Crippen molar-refractivity contribution >= 4 is 52.5 Å². The molecule has 0 aliphatic rings. The quantitative estimate of drug-likeness (QED) is 0.404. The molecule has 0 fully saturated rings. The Morgan fingerprint density at radius 1 is 0.533 bits per heavy atom. The highest BCUT2D eigenvalue weighted by Gasteiger charge is 2.22. The summed E-state index contributed by atoms with van der Waals surface area (Å²) in [4.78, 5) is 35.4. The van der Waals surface area contributed by atoms with E-state index in [4.69, 9.17) is 34.8 Å². The SMILES string of the molecule is CCc1c(CNC(=O)CCl)c(CC)c(CNC(=O)CCl)c(CC)c1CNC(=O)CCl. The van der Waals surface area contributed by atoms with Gasteiger partial charge in [-0.1, -0.05) is 20.8 Å². The number of hydrogen-bond acceptors (Lipinski definition) is 3. The van der Waals surface area contributed by atoms with E-state index in [1.54, 1.807) is 0 Å². The zero-order valence-electron chi connectivity index (χ0n) is 17.7. The molecule has 0 radical (unpaired) electrons. The molecule has 0 unspecified atom stereocenters. The third-order valence-corrected chi connectivity index (χ3v) is 5.73.